The number of carbonyl (C=O) groups is 1. The molecule has 1 rings (SSSR count). The number of pyridine rings is 1. The summed E-state index contributed by atoms with van der Waals surface area (Å²) in [6.45, 7) is 6.40. The average molecular weight is 221 g/mol. The smallest absolute Gasteiger partial charge is 0.272 e. The number of amides is 1. The summed E-state index contributed by atoms with van der Waals surface area (Å²) in [6.07, 6.45) is 1.64. The van der Waals surface area contributed by atoms with E-state index in [2.05, 4.69) is 4.98 Å². The lowest BCUT2D eigenvalue weighted by molar-refractivity contribution is 0.0649. The number of hydrogen-bond acceptors (Lipinski definition) is 3. The topological polar surface area (TPSA) is 59.2 Å². The second kappa shape index (κ2) is 4.61. The second-order valence-corrected chi connectivity index (χ2v) is 4.79. The molecule has 4 nitrogen and oxygen atoms in total. The third-order valence-electron chi connectivity index (χ3n) is 2.59. The minimum absolute atomic E-state index is 0.0731. The number of nitrogens with two attached hydrogens (primary N) is 1. The van der Waals surface area contributed by atoms with Gasteiger partial charge in [0.2, 0.25) is 0 Å². The zero-order valence-corrected chi connectivity index (χ0v) is 10.3. The molecule has 4 heteroatoms. The zero-order chi connectivity index (χ0) is 12.3. The van der Waals surface area contributed by atoms with E-state index in [0.717, 1.165) is 5.56 Å². The predicted octanol–water partition coefficient (Wildman–Crippen LogP) is 1.41. The summed E-state index contributed by atoms with van der Waals surface area (Å²) in [5.41, 5.74) is 6.65. The van der Waals surface area contributed by atoms with E-state index < -0.39 is 0 Å². The van der Waals surface area contributed by atoms with Crippen LogP contribution in [0.2, 0.25) is 0 Å². The molecule has 0 radical (unpaired) electrons. The molecule has 0 aliphatic rings. The first-order valence-corrected chi connectivity index (χ1v) is 5.29. The van der Waals surface area contributed by atoms with Crippen LogP contribution in [0.3, 0.4) is 0 Å². The van der Waals surface area contributed by atoms with Crippen LogP contribution >= 0.6 is 0 Å². The molecule has 0 saturated heterocycles. The van der Waals surface area contributed by atoms with Crippen molar-refractivity contribution < 1.29 is 4.79 Å². The van der Waals surface area contributed by atoms with Gasteiger partial charge >= 0.3 is 0 Å². The maximum absolute atomic E-state index is 12.0. The van der Waals surface area contributed by atoms with E-state index >= 15 is 0 Å². The van der Waals surface area contributed by atoms with Gasteiger partial charge in [-0.25, -0.2) is 0 Å². The predicted molar refractivity (Wildman–Crippen MR) is 64.0 cm³/mol. The van der Waals surface area contributed by atoms with E-state index in [1.165, 1.54) is 0 Å². The second-order valence-electron chi connectivity index (χ2n) is 4.79. The highest BCUT2D eigenvalue weighted by molar-refractivity contribution is 5.92. The first-order valence-electron chi connectivity index (χ1n) is 5.29. The Balaban J connectivity index is 2.88. The number of rotatable bonds is 2. The van der Waals surface area contributed by atoms with Crippen molar-refractivity contribution in [2.45, 2.75) is 32.9 Å². The van der Waals surface area contributed by atoms with E-state index in [-0.39, 0.29) is 11.4 Å². The Labute approximate surface area is 96.5 Å². The maximum atomic E-state index is 12.0. The van der Waals surface area contributed by atoms with Crippen molar-refractivity contribution in [2.75, 3.05) is 7.05 Å². The quantitative estimate of drug-likeness (QED) is 0.821. The highest BCUT2D eigenvalue weighted by atomic mass is 16.2. The molecule has 0 atom stereocenters. The lowest BCUT2D eigenvalue weighted by Crippen LogP contribution is -2.42. The Morgan fingerprint density at radius 2 is 2.06 bits per heavy atom. The molecule has 0 aromatic carbocycles. The van der Waals surface area contributed by atoms with Gasteiger partial charge in [0, 0.05) is 25.3 Å². The van der Waals surface area contributed by atoms with Gasteiger partial charge in [-0.1, -0.05) is 6.07 Å². The van der Waals surface area contributed by atoms with Crippen molar-refractivity contribution >= 4 is 5.91 Å². The Morgan fingerprint density at radius 1 is 1.44 bits per heavy atom. The summed E-state index contributed by atoms with van der Waals surface area (Å²) in [5, 5.41) is 0. The zero-order valence-electron chi connectivity index (χ0n) is 10.3. The summed E-state index contributed by atoms with van der Waals surface area (Å²) in [7, 11) is 1.78. The van der Waals surface area contributed by atoms with Crippen LogP contribution < -0.4 is 5.73 Å². The van der Waals surface area contributed by atoms with Crippen LogP contribution in [0.15, 0.2) is 18.3 Å². The van der Waals surface area contributed by atoms with Crippen LogP contribution in [0.25, 0.3) is 0 Å². The molecule has 16 heavy (non-hydrogen) atoms. The Morgan fingerprint density at radius 3 is 2.44 bits per heavy atom. The fraction of sp³-hybridized carbons (Fsp3) is 0.500. The molecule has 1 aromatic rings. The molecule has 2 N–H and O–H groups in total. The highest BCUT2D eigenvalue weighted by Crippen LogP contribution is 2.13. The summed E-state index contributed by atoms with van der Waals surface area (Å²) in [6, 6.07) is 3.55. The van der Waals surface area contributed by atoms with Gasteiger partial charge in [0.15, 0.2) is 0 Å². The van der Waals surface area contributed by atoms with Crippen LogP contribution in [0.1, 0.15) is 36.8 Å². The van der Waals surface area contributed by atoms with Gasteiger partial charge in [-0.3, -0.25) is 9.78 Å². The van der Waals surface area contributed by atoms with E-state index in [1.54, 1.807) is 24.2 Å². The molecule has 1 heterocycles. The summed E-state index contributed by atoms with van der Waals surface area (Å²) in [5.74, 6) is -0.0731. The van der Waals surface area contributed by atoms with E-state index in [0.29, 0.717) is 12.2 Å². The fourth-order valence-electron chi connectivity index (χ4n) is 1.15. The first kappa shape index (κ1) is 12.6. The molecule has 1 aromatic heterocycles. The Kier molecular flexibility index (Phi) is 3.65. The van der Waals surface area contributed by atoms with Gasteiger partial charge in [-0.2, -0.15) is 0 Å². The maximum Gasteiger partial charge on any atom is 0.272 e. The average Bonchev–Trinajstić information content (AvgIpc) is 2.26. The third kappa shape index (κ3) is 2.79. The van der Waals surface area contributed by atoms with Gasteiger partial charge in [-0.05, 0) is 32.4 Å². The molecule has 0 bridgehead atoms. The van der Waals surface area contributed by atoms with Crippen LogP contribution in [-0.2, 0) is 6.54 Å². The van der Waals surface area contributed by atoms with Crippen molar-refractivity contribution in [3.63, 3.8) is 0 Å². The monoisotopic (exact) mass is 221 g/mol. The summed E-state index contributed by atoms with van der Waals surface area (Å²) < 4.78 is 0. The Bertz CT molecular complexity index is 365. The molecule has 0 aliphatic heterocycles. The van der Waals surface area contributed by atoms with Crippen molar-refractivity contribution in [1.29, 1.82) is 0 Å². The van der Waals surface area contributed by atoms with Crippen LogP contribution in [0.4, 0.5) is 0 Å². The number of carbonyl (C=O) groups excluding carboxylic acids is 1. The number of hydrogen-bond donors (Lipinski definition) is 1. The normalized spacial score (nSPS) is 11.3. The van der Waals surface area contributed by atoms with Gasteiger partial charge in [0.1, 0.15) is 5.69 Å². The van der Waals surface area contributed by atoms with E-state index in [4.69, 9.17) is 5.73 Å². The van der Waals surface area contributed by atoms with Crippen molar-refractivity contribution in [2.24, 2.45) is 5.73 Å². The van der Waals surface area contributed by atoms with Crippen molar-refractivity contribution in [3.05, 3.63) is 29.6 Å². The minimum atomic E-state index is -0.203. The molecular weight excluding hydrogens is 202 g/mol. The molecule has 1 amide bonds. The van der Waals surface area contributed by atoms with E-state index in [1.807, 2.05) is 26.8 Å². The highest BCUT2D eigenvalue weighted by Gasteiger charge is 2.23. The van der Waals surface area contributed by atoms with Crippen LogP contribution in [0, 0.1) is 0 Å². The summed E-state index contributed by atoms with van der Waals surface area (Å²) in [4.78, 5) is 17.8. The molecule has 0 fully saturated rings. The SMILES string of the molecule is CN(C(=O)c1ccc(CN)cn1)C(C)(C)C. The van der Waals surface area contributed by atoms with Gasteiger partial charge < -0.3 is 10.6 Å². The molecule has 0 aliphatic carbocycles. The first-order chi connectivity index (χ1) is 7.36. The molecular formula is C12H19N3O. The number of aromatic nitrogens is 1. The fourth-order valence-corrected chi connectivity index (χ4v) is 1.15. The van der Waals surface area contributed by atoms with Gasteiger partial charge in [0.05, 0.1) is 0 Å². The van der Waals surface area contributed by atoms with Crippen molar-refractivity contribution in [1.82, 2.24) is 9.88 Å². The third-order valence-corrected chi connectivity index (χ3v) is 2.59. The van der Waals surface area contributed by atoms with E-state index in [9.17, 15) is 4.79 Å². The van der Waals surface area contributed by atoms with Crippen molar-refractivity contribution in [3.8, 4) is 0 Å². The standard InChI is InChI=1S/C12H19N3O/c1-12(2,3)15(4)11(16)10-6-5-9(7-13)8-14-10/h5-6,8H,7,13H2,1-4H3. The lowest BCUT2D eigenvalue weighted by atomic mass is 10.1. The lowest BCUT2D eigenvalue weighted by Gasteiger charge is -2.31. The van der Waals surface area contributed by atoms with Gasteiger partial charge in [0.25, 0.3) is 5.91 Å². The van der Waals surface area contributed by atoms with Gasteiger partial charge in [-0.15, -0.1) is 0 Å². The van der Waals surface area contributed by atoms with Crippen LogP contribution in [0.5, 0.6) is 0 Å². The molecule has 0 unspecified atom stereocenters. The molecule has 88 valence electrons. The number of nitrogens with zero attached hydrogens (tertiary/aromatic N) is 2. The molecule has 0 saturated carbocycles. The Hall–Kier alpha value is -1.42. The van der Waals surface area contributed by atoms with Crippen LogP contribution in [-0.4, -0.2) is 28.4 Å². The molecule has 0 spiro atoms. The summed E-state index contributed by atoms with van der Waals surface area (Å²) >= 11 is 0. The minimum Gasteiger partial charge on any atom is -0.336 e. The largest absolute Gasteiger partial charge is 0.336 e.